The Morgan fingerprint density at radius 3 is 2.50 bits per heavy atom. The van der Waals surface area contributed by atoms with Gasteiger partial charge in [-0.15, -0.1) is 11.6 Å². The predicted octanol–water partition coefficient (Wildman–Crippen LogP) is -0.129. The van der Waals surface area contributed by atoms with Gasteiger partial charge in [0.1, 0.15) is 5.21 Å². The Bertz CT molecular complexity index is 239. The first-order valence-corrected chi connectivity index (χ1v) is 7.22. The summed E-state index contributed by atoms with van der Waals surface area (Å²) < 4.78 is 34.3. The Morgan fingerprint density at radius 1 is 1.50 bits per heavy atom. The van der Waals surface area contributed by atoms with Crippen molar-refractivity contribution in [3.63, 3.8) is 0 Å². The smallest absolute Gasteiger partial charge is 0.225 e. The number of alkyl halides is 1. The van der Waals surface area contributed by atoms with E-state index in [2.05, 4.69) is 4.72 Å². The minimum Gasteiger partial charge on any atom is -0.260 e. The lowest BCUT2D eigenvalue weighted by molar-refractivity contribution is 0.585. The molecule has 1 atom stereocenters. The second-order valence-corrected chi connectivity index (χ2v) is 6.19. The van der Waals surface area contributed by atoms with Gasteiger partial charge in [0.05, 0.1) is 0 Å². The van der Waals surface area contributed by atoms with Gasteiger partial charge in [0.2, 0.25) is 10.0 Å². The molecule has 0 aromatic rings. The van der Waals surface area contributed by atoms with Gasteiger partial charge in [-0.3, -0.25) is 4.21 Å². The number of sulfonamides is 1. The van der Waals surface area contributed by atoms with Gasteiger partial charge in [-0.05, 0) is 6.42 Å². The molecule has 0 radical (unpaired) electrons. The van der Waals surface area contributed by atoms with Crippen molar-refractivity contribution >= 4 is 32.4 Å². The minimum absolute atomic E-state index is 0.300. The second kappa shape index (κ2) is 5.90. The van der Waals surface area contributed by atoms with Gasteiger partial charge < -0.3 is 0 Å². The zero-order chi connectivity index (χ0) is 9.61. The molecule has 0 spiro atoms. The molecular weight excluding hydrogens is 222 g/mol. The maximum atomic E-state index is 10.7. The van der Waals surface area contributed by atoms with Gasteiger partial charge in [-0.2, -0.15) is 0 Å². The fourth-order valence-electron chi connectivity index (χ4n) is 0.542. The first-order valence-electron chi connectivity index (χ1n) is 3.31. The van der Waals surface area contributed by atoms with E-state index in [1.165, 1.54) is 0 Å². The van der Waals surface area contributed by atoms with Crippen LogP contribution in [-0.4, -0.2) is 36.4 Å². The number of rotatable bonds is 6. The summed E-state index contributed by atoms with van der Waals surface area (Å²) in [6, 6.07) is 0. The van der Waals surface area contributed by atoms with Crippen LogP contribution in [0.5, 0.6) is 0 Å². The minimum atomic E-state index is -3.30. The van der Waals surface area contributed by atoms with Crippen LogP contribution in [0.2, 0.25) is 0 Å². The van der Waals surface area contributed by atoms with Crippen molar-refractivity contribution in [2.45, 2.75) is 6.42 Å². The molecule has 0 saturated carbocycles. The van der Waals surface area contributed by atoms with Crippen molar-refractivity contribution in [1.29, 1.82) is 0 Å². The highest BCUT2D eigenvalue weighted by atomic mass is 35.5. The topological polar surface area (TPSA) is 63.2 Å². The number of hydrogen-bond acceptors (Lipinski definition) is 3. The van der Waals surface area contributed by atoms with Crippen molar-refractivity contribution in [2.24, 2.45) is 0 Å². The lowest BCUT2D eigenvalue weighted by Gasteiger charge is -2.01. The Kier molecular flexibility index (Phi) is 6.08. The summed E-state index contributed by atoms with van der Waals surface area (Å²) in [5.41, 5.74) is 0. The molecule has 0 amide bonds. The summed E-state index contributed by atoms with van der Waals surface area (Å²) >= 11 is 5.12. The Labute approximate surface area is 80.2 Å². The molecule has 7 heteroatoms. The third kappa shape index (κ3) is 7.02. The Morgan fingerprint density at radius 2 is 2.08 bits per heavy atom. The highest BCUT2D eigenvalue weighted by Crippen LogP contribution is 1.89. The molecule has 0 aliphatic heterocycles. The number of hydrogen-bond donors (Lipinski definition) is 1. The molecule has 0 rings (SSSR count). The van der Waals surface area contributed by atoms with E-state index in [0.29, 0.717) is 18.7 Å². The first kappa shape index (κ1) is 12.3. The van der Waals surface area contributed by atoms with Crippen LogP contribution in [0.1, 0.15) is 6.42 Å². The van der Waals surface area contributed by atoms with E-state index in [0.717, 1.165) is 0 Å². The first-order chi connectivity index (χ1) is 5.48. The SMILES string of the molecule is CS(=O)CCCNS(=O)(=O)CCl. The molecule has 0 aliphatic carbocycles. The molecule has 1 N–H and O–H groups in total. The largest absolute Gasteiger partial charge is 0.260 e. The zero-order valence-corrected chi connectivity index (χ0v) is 9.14. The normalized spacial score (nSPS) is 14.5. The number of nitrogens with one attached hydrogen (secondary N) is 1. The van der Waals surface area contributed by atoms with Crippen LogP contribution < -0.4 is 4.72 Å². The fraction of sp³-hybridized carbons (Fsp3) is 1.00. The average molecular weight is 234 g/mol. The Balaban J connectivity index is 3.51. The monoisotopic (exact) mass is 233 g/mol. The Hall–Kier alpha value is 0.350. The summed E-state index contributed by atoms with van der Waals surface area (Å²) in [5.74, 6) is 0.505. The molecule has 4 nitrogen and oxygen atoms in total. The van der Waals surface area contributed by atoms with E-state index < -0.39 is 26.0 Å². The van der Waals surface area contributed by atoms with Gasteiger partial charge in [-0.1, -0.05) is 0 Å². The molecule has 0 aromatic carbocycles. The molecule has 0 aliphatic rings. The molecule has 0 saturated heterocycles. The van der Waals surface area contributed by atoms with E-state index in [1.54, 1.807) is 6.26 Å². The van der Waals surface area contributed by atoms with E-state index >= 15 is 0 Å². The van der Waals surface area contributed by atoms with Crippen LogP contribution in [0.25, 0.3) is 0 Å². The average Bonchev–Trinajstić information content (AvgIpc) is 1.98. The molecule has 0 aromatic heterocycles. The number of halogens is 1. The van der Waals surface area contributed by atoms with E-state index in [9.17, 15) is 12.6 Å². The van der Waals surface area contributed by atoms with E-state index in [4.69, 9.17) is 11.6 Å². The summed E-state index contributed by atoms with van der Waals surface area (Å²) in [6.07, 6.45) is 2.15. The quantitative estimate of drug-likeness (QED) is 0.514. The molecule has 12 heavy (non-hydrogen) atoms. The lowest BCUT2D eigenvalue weighted by Crippen LogP contribution is -2.26. The summed E-state index contributed by atoms with van der Waals surface area (Å²) in [6.45, 7) is 0.300. The van der Waals surface area contributed by atoms with Gasteiger partial charge in [0.25, 0.3) is 0 Å². The zero-order valence-electron chi connectivity index (χ0n) is 6.75. The molecule has 0 fully saturated rings. The van der Waals surface area contributed by atoms with Gasteiger partial charge >= 0.3 is 0 Å². The van der Waals surface area contributed by atoms with Crippen LogP contribution in [0.4, 0.5) is 0 Å². The third-order valence-electron chi connectivity index (χ3n) is 1.07. The van der Waals surface area contributed by atoms with Crippen molar-refractivity contribution in [1.82, 2.24) is 4.72 Å². The van der Waals surface area contributed by atoms with Crippen LogP contribution in [-0.2, 0) is 20.8 Å². The molecule has 74 valence electrons. The maximum absolute atomic E-state index is 10.7. The predicted molar refractivity (Wildman–Crippen MR) is 51.2 cm³/mol. The van der Waals surface area contributed by atoms with E-state index in [-0.39, 0.29) is 0 Å². The third-order valence-corrected chi connectivity index (χ3v) is 3.73. The molecule has 0 bridgehead atoms. The highest BCUT2D eigenvalue weighted by Gasteiger charge is 2.05. The van der Waals surface area contributed by atoms with Crippen LogP contribution in [0.3, 0.4) is 0 Å². The second-order valence-electron chi connectivity index (χ2n) is 2.25. The van der Waals surface area contributed by atoms with Crippen molar-refractivity contribution in [3.8, 4) is 0 Å². The van der Waals surface area contributed by atoms with Crippen molar-refractivity contribution in [3.05, 3.63) is 0 Å². The standard InChI is InChI=1S/C5H12ClNO3S2/c1-11(8)4-2-3-7-12(9,10)5-6/h7H,2-5H2,1H3. The van der Waals surface area contributed by atoms with Crippen molar-refractivity contribution < 1.29 is 12.6 Å². The molecular formula is C5H12ClNO3S2. The maximum Gasteiger partial charge on any atom is 0.225 e. The van der Waals surface area contributed by atoms with E-state index in [1.807, 2.05) is 0 Å². The van der Waals surface area contributed by atoms with Gasteiger partial charge in [0.15, 0.2) is 0 Å². The van der Waals surface area contributed by atoms with Crippen LogP contribution in [0, 0.1) is 0 Å². The molecule has 1 unspecified atom stereocenters. The van der Waals surface area contributed by atoms with Crippen LogP contribution >= 0.6 is 11.6 Å². The molecule has 0 heterocycles. The fourth-order valence-corrected chi connectivity index (χ4v) is 1.86. The van der Waals surface area contributed by atoms with Crippen LogP contribution in [0.15, 0.2) is 0 Å². The van der Waals surface area contributed by atoms with Crippen molar-refractivity contribution in [2.75, 3.05) is 23.8 Å². The lowest BCUT2D eigenvalue weighted by atomic mass is 10.5. The summed E-state index contributed by atoms with van der Waals surface area (Å²) in [4.78, 5) is 0. The van der Waals surface area contributed by atoms with Gasteiger partial charge in [0, 0.05) is 29.4 Å². The summed E-state index contributed by atoms with van der Waals surface area (Å²) in [7, 11) is -4.16. The highest BCUT2D eigenvalue weighted by molar-refractivity contribution is 7.90. The van der Waals surface area contributed by atoms with Gasteiger partial charge in [-0.25, -0.2) is 13.1 Å². The summed E-state index contributed by atoms with van der Waals surface area (Å²) in [5, 5.41) is -0.428.